The average molecular weight is 621 g/mol. The van der Waals surface area contributed by atoms with E-state index in [0.29, 0.717) is 0 Å². The van der Waals surface area contributed by atoms with Crippen molar-refractivity contribution < 1.29 is 0 Å². The lowest BCUT2D eigenvalue weighted by Crippen LogP contribution is -1.99. The Kier molecular flexibility index (Phi) is 5.42. The predicted octanol–water partition coefficient (Wildman–Crippen LogP) is 12.5. The molecule has 2 aliphatic rings. The fraction of sp³-hybridized carbons (Fsp3) is 0. The number of para-hydroxylation sites is 2. The molecule has 8 aromatic carbocycles. The Morgan fingerprint density at radius 2 is 0.898 bits per heavy atom. The van der Waals surface area contributed by atoms with Crippen molar-refractivity contribution in [2.75, 3.05) is 0 Å². The minimum atomic E-state index is 0.955. The van der Waals surface area contributed by atoms with Crippen LogP contribution >= 0.6 is 0 Å². The number of rotatable bonds is 3. The molecule has 1 aliphatic carbocycles. The molecule has 0 N–H and O–H groups in total. The van der Waals surface area contributed by atoms with Crippen molar-refractivity contribution in [3.05, 3.63) is 170 Å². The first-order valence-corrected chi connectivity index (χ1v) is 16.9. The molecule has 0 radical (unpaired) electrons. The van der Waals surface area contributed by atoms with Crippen LogP contribution in [-0.4, -0.2) is 9.55 Å². The molecule has 9 aromatic rings. The molecule has 0 saturated carbocycles. The van der Waals surface area contributed by atoms with E-state index in [1.807, 2.05) is 0 Å². The van der Waals surface area contributed by atoms with Gasteiger partial charge in [-0.15, -0.1) is 0 Å². The lowest BCUT2D eigenvalue weighted by Gasteiger charge is -2.14. The third kappa shape index (κ3) is 3.74. The number of hydrogen-bond donors (Lipinski definition) is 0. The van der Waals surface area contributed by atoms with Crippen LogP contribution in [0.4, 0.5) is 0 Å². The van der Waals surface area contributed by atoms with Gasteiger partial charge in [0.15, 0.2) is 0 Å². The molecule has 0 atom stereocenters. The quantitative estimate of drug-likeness (QED) is 0.192. The van der Waals surface area contributed by atoms with E-state index >= 15 is 0 Å². The van der Waals surface area contributed by atoms with Gasteiger partial charge in [-0.05, 0) is 84.6 Å². The van der Waals surface area contributed by atoms with Gasteiger partial charge in [-0.3, -0.25) is 4.57 Å². The Labute approximate surface area is 284 Å². The second-order valence-corrected chi connectivity index (χ2v) is 13.1. The van der Waals surface area contributed by atoms with Gasteiger partial charge >= 0.3 is 0 Å². The van der Waals surface area contributed by atoms with Crippen molar-refractivity contribution in [3.63, 3.8) is 0 Å². The normalized spacial score (nSPS) is 12.1. The maximum atomic E-state index is 5.25. The highest BCUT2D eigenvalue weighted by Gasteiger charge is 2.25. The predicted molar refractivity (Wildman–Crippen MR) is 204 cm³/mol. The Morgan fingerprint density at radius 3 is 1.69 bits per heavy atom. The maximum absolute atomic E-state index is 5.25. The van der Waals surface area contributed by atoms with Gasteiger partial charge in [0.05, 0.1) is 16.7 Å². The highest BCUT2D eigenvalue weighted by atomic mass is 15.1. The molecule has 0 unspecified atom stereocenters. The lowest BCUT2D eigenvalue weighted by molar-refractivity contribution is 1.11. The Bertz CT molecular complexity index is 2790. The summed E-state index contributed by atoms with van der Waals surface area (Å²) < 4.78 is 2.36. The van der Waals surface area contributed by atoms with Crippen molar-refractivity contribution in [1.82, 2.24) is 9.55 Å². The minimum Gasteiger partial charge on any atom is -0.291 e. The van der Waals surface area contributed by atoms with Gasteiger partial charge in [-0.25, -0.2) is 4.98 Å². The van der Waals surface area contributed by atoms with Crippen molar-refractivity contribution in [1.29, 1.82) is 0 Å². The number of aromatic nitrogens is 2. The first-order chi connectivity index (χ1) is 24.3. The maximum Gasteiger partial charge on any atom is 0.145 e. The second kappa shape index (κ2) is 10.00. The SMILES string of the molecule is c1cc(-c2ccc(-c3nc4cccc5c4n3-c3ccccc3-c3ccccc3-5)cc2)cc(-c2ccc3c4c(cccc24)-c2ccccc2-3)c1. The van der Waals surface area contributed by atoms with Crippen LogP contribution < -0.4 is 0 Å². The largest absolute Gasteiger partial charge is 0.291 e. The zero-order valence-electron chi connectivity index (χ0n) is 26.6. The van der Waals surface area contributed by atoms with Gasteiger partial charge in [0.2, 0.25) is 0 Å². The van der Waals surface area contributed by atoms with Crippen LogP contribution in [0.15, 0.2) is 170 Å². The fourth-order valence-corrected chi connectivity index (χ4v) is 8.36. The van der Waals surface area contributed by atoms with Crippen LogP contribution in [0.3, 0.4) is 0 Å². The summed E-state index contributed by atoms with van der Waals surface area (Å²) in [6, 6.07) is 61.9. The summed E-state index contributed by atoms with van der Waals surface area (Å²) >= 11 is 0. The van der Waals surface area contributed by atoms with Crippen molar-refractivity contribution in [3.8, 4) is 83.8 Å². The van der Waals surface area contributed by atoms with E-state index in [9.17, 15) is 0 Å². The van der Waals surface area contributed by atoms with Crippen molar-refractivity contribution in [2.45, 2.75) is 0 Å². The molecule has 11 rings (SSSR count). The Hall–Kier alpha value is -6.51. The molecule has 0 amide bonds. The fourth-order valence-electron chi connectivity index (χ4n) is 8.36. The summed E-state index contributed by atoms with van der Waals surface area (Å²) in [7, 11) is 0. The molecule has 2 heteroatoms. The van der Waals surface area contributed by atoms with Gasteiger partial charge in [-0.1, -0.05) is 152 Å². The van der Waals surface area contributed by atoms with Crippen LogP contribution in [0.5, 0.6) is 0 Å². The Morgan fingerprint density at radius 1 is 0.347 bits per heavy atom. The molecule has 1 aromatic heterocycles. The van der Waals surface area contributed by atoms with Gasteiger partial charge in [0.1, 0.15) is 5.82 Å². The summed E-state index contributed by atoms with van der Waals surface area (Å²) in [5, 5.41) is 2.66. The number of benzene rings is 8. The number of nitrogens with zero attached hydrogens (tertiary/aromatic N) is 2. The molecule has 226 valence electrons. The second-order valence-electron chi connectivity index (χ2n) is 13.1. The molecule has 1 aliphatic heterocycles. The lowest BCUT2D eigenvalue weighted by atomic mass is 9.92. The first-order valence-electron chi connectivity index (χ1n) is 16.9. The summed E-state index contributed by atoms with van der Waals surface area (Å²) in [5.74, 6) is 0.955. The van der Waals surface area contributed by atoms with Crippen molar-refractivity contribution >= 4 is 21.8 Å². The van der Waals surface area contributed by atoms with Gasteiger partial charge in [0.25, 0.3) is 0 Å². The van der Waals surface area contributed by atoms with Gasteiger partial charge in [-0.2, -0.15) is 0 Å². The van der Waals surface area contributed by atoms with E-state index < -0.39 is 0 Å². The van der Waals surface area contributed by atoms with Crippen LogP contribution in [0.1, 0.15) is 0 Å². The molecule has 0 bridgehead atoms. The van der Waals surface area contributed by atoms with E-state index in [1.165, 1.54) is 77.5 Å². The van der Waals surface area contributed by atoms with Gasteiger partial charge < -0.3 is 0 Å². The summed E-state index contributed by atoms with van der Waals surface area (Å²) in [6.07, 6.45) is 0. The van der Waals surface area contributed by atoms with Crippen molar-refractivity contribution in [2.24, 2.45) is 0 Å². The molecule has 0 saturated heterocycles. The topological polar surface area (TPSA) is 17.8 Å². The number of fused-ring (bicyclic) bond motifs is 8. The van der Waals surface area contributed by atoms with Crippen LogP contribution in [0.25, 0.3) is 106 Å². The van der Waals surface area contributed by atoms with E-state index in [0.717, 1.165) is 28.1 Å². The molecular formula is C47H28N2. The summed E-state index contributed by atoms with van der Waals surface area (Å²) in [6.45, 7) is 0. The van der Waals surface area contributed by atoms with E-state index in [-0.39, 0.29) is 0 Å². The Balaban J connectivity index is 1.02. The third-order valence-electron chi connectivity index (χ3n) is 10.5. The molecular weight excluding hydrogens is 593 g/mol. The average Bonchev–Trinajstić information content (AvgIpc) is 3.69. The standard InChI is InChI=1S/C47H28N2/c1-4-15-37-34(12-1)38-16-5-6-21-44(38)49-46-42(37)19-9-20-43(46)48-47(49)30-24-22-29(23-25-30)31-10-7-11-32(28-31)33-26-27-41-36-14-3-2-13-35(36)40-18-8-17-39(33)45(40)41/h1-28H. The monoisotopic (exact) mass is 620 g/mol. The van der Waals surface area contributed by atoms with E-state index in [4.69, 9.17) is 4.98 Å². The van der Waals surface area contributed by atoms with E-state index in [1.54, 1.807) is 0 Å². The van der Waals surface area contributed by atoms with Gasteiger partial charge in [0, 0.05) is 16.7 Å². The van der Waals surface area contributed by atoms with Crippen LogP contribution in [0.2, 0.25) is 0 Å². The molecule has 0 fully saturated rings. The number of imidazole rings is 1. The molecule has 2 nitrogen and oxygen atoms in total. The van der Waals surface area contributed by atoms with Crippen LogP contribution in [0, 0.1) is 0 Å². The molecule has 2 heterocycles. The highest BCUT2D eigenvalue weighted by molar-refractivity contribution is 6.18. The molecule has 49 heavy (non-hydrogen) atoms. The highest BCUT2D eigenvalue weighted by Crippen LogP contribution is 2.49. The summed E-state index contributed by atoms with van der Waals surface area (Å²) in [5.41, 5.74) is 19.5. The third-order valence-corrected chi connectivity index (χ3v) is 10.5. The van der Waals surface area contributed by atoms with E-state index in [2.05, 4.69) is 174 Å². The first kappa shape index (κ1) is 26.5. The minimum absolute atomic E-state index is 0.955. The zero-order chi connectivity index (χ0) is 32.1. The summed E-state index contributed by atoms with van der Waals surface area (Å²) in [4.78, 5) is 5.25. The molecule has 0 spiro atoms. The zero-order valence-corrected chi connectivity index (χ0v) is 26.6. The number of hydrogen-bond acceptors (Lipinski definition) is 1. The van der Waals surface area contributed by atoms with Crippen LogP contribution in [-0.2, 0) is 0 Å². The smallest absolute Gasteiger partial charge is 0.145 e.